The average molecular weight is 270 g/mol. The predicted octanol–water partition coefficient (Wildman–Crippen LogP) is 3.18. The molecular weight excluding hydrogens is 252 g/mol. The van der Waals surface area contributed by atoms with Crippen LogP contribution in [0.4, 0.5) is 5.82 Å². The summed E-state index contributed by atoms with van der Waals surface area (Å²) in [5.41, 5.74) is 2.79. The molecule has 0 saturated heterocycles. The minimum Gasteiger partial charge on any atom is -0.462 e. The maximum absolute atomic E-state index is 11.5. The van der Waals surface area contributed by atoms with Crippen molar-refractivity contribution in [3.05, 3.63) is 59.3 Å². The van der Waals surface area contributed by atoms with Crippen LogP contribution in [0.25, 0.3) is 0 Å². The van der Waals surface area contributed by atoms with E-state index in [4.69, 9.17) is 4.74 Å². The van der Waals surface area contributed by atoms with Gasteiger partial charge in [-0.3, -0.25) is 0 Å². The molecular formula is C16H18N2O2. The van der Waals surface area contributed by atoms with Gasteiger partial charge in [0.05, 0.1) is 12.2 Å². The molecule has 0 amide bonds. The van der Waals surface area contributed by atoms with E-state index in [1.807, 2.05) is 37.4 Å². The molecule has 1 aromatic heterocycles. The van der Waals surface area contributed by atoms with E-state index in [2.05, 4.69) is 10.3 Å². The van der Waals surface area contributed by atoms with E-state index in [0.717, 1.165) is 16.9 Å². The van der Waals surface area contributed by atoms with E-state index in [-0.39, 0.29) is 5.97 Å². The van der Waals surface area contributed by atoms with Gasteiger partial charge in [0, 0.05) is 12.7 Å². The zero-order valence-corrected chi connectivity index (χ0v) is 11.7. The van der Waals surface area contributed by atoms with Gasteiger partial charge < -0.3 is 10.1 Å². The fourth-order valence-corrected chi connectivity index (χ4v) is 1.74. The van der Waals surface area contributed by atoms with Crippen LogP contribution in [-0.4, -0.2) is 17.6 Å². The smallest absolute Gasteiger partial charge is 0.338 e. The second-order valence-corrected chi connectivity index (χ2v) is 4.49. The molecule has 104 valence electrons. The number of rotatable bonds is 5. The molecule has 20 heavy (non-hydrogen) atoms. The molecule has 0 spiro atoms. The van der Waals surface area contributed by atoms with Gasteiger partial charge >= 0.3 is 5.97 Å². The van der Waals surface area contributed by atoms with Crippen LogP contribution in [0, 0.1) is 6.92 Å². The zero-order chi connectivity index (χ0) is 14.4. The van der Waals surface area contributed by atoms with Crippen molar-refractivity contribution in [3.8, 4) is 0 Å². The second-order valence-electron chi connectivity index (χ2n) is 4.49. The van der Waals surface area contributed by atoms with Gasteiger partial charge in [-0.15, -0.1) is 0 Å². The number of nitrogens with one attached hydrogen (secondary N) is 1. The predicted molar refractivity (Wildman–Crippen MR) is 78.7 cm³/mol. The van der Waals surface area contributed by atoms with Crippen molar-refractivity contribution in [2.24, 2.45) is 0 Å². The number of carbonyl (C=O) groups is 1. The number of benzene rings is 1. The number of esters is 1. The van der Waals surface area contributed by atoms with Gasteiger partial charge in [0.2, 0.25) is 0 Å². The number of carbonyl (C=O) groups excluding carboxylic acids is 1. The van der Waals surface area contributed by atoms with Gasteiger partial charge in [-0.25, -0.2) is 9.78 Å². The summed E-state index contributed by atoms with van der Waals surface area (Å²) in [6.07, 6.45) is 1.83. The van der Waals surface area contributed by atoms with Crippen LogP contribution < -0.4 is 5.32 Å². The number of hydrogen-bond donors (Lipinski definition) is 1. The van der Waals surface area contributed by atoms with Gasteiger partial charge in [-0.1, -0.05) is 18.2 Å². The third kappa shape index (κ3) is 3.82. The Morgan fingerprint density at radius 2 is 1.95 bits per heavy atom. The van der Waals surface area contributed by atoms with Crippen molar-refractivity contribution in [1.82, 2.24) is 4.98 Å². The van der Waals surface area contributed by atoms with E-state index in [1.165, 1.54) is 0 Å². The second kappa shape index (κ2) is 6.70. The third-order valence-corrected chi connectivity index (χ3v) is 2.85. The molecule has 1 N–H and O–H groups in total. The van der Waals surface area contributed by atoms with Crippen molar-refractivity contribution in [1.29, 1.82) is 0 Å². The maximum Gasteiger partial charge on any atom is 0.338 e. The number of aryl methyl sites for hydroxylation is 1. The molecule has 4 nitrogen and oxygen atoms in total. The summed E-state index contributed by atoms with van der Waals surface area (Å²) in [5.74, 6) is 0.553. The lowest BCUT2D eigenvalue weighted by Gasteiger charge is -2.07. The summed E-state index contributed by atoms with van der Waals surface area (Å²) in [7, 11) is 0. The van der Waals surface area contributed by atoms with Gasteiger partial charge in [-0.05, 0) is 43.2 Å². The Morgan fingerprint density at radius 3 is 2.55 bits per heavy atom. The van der Waals surface area contributed by atoms with E-state index in [9.17, 15) is 4.79 Å². The summed E-state index contributed by atoms with van der Waals surface area (Å²) in [6.45, 7) is 4.86. The zero-order valence-electron chi connectivity index (χ0n) is 11.7. The summed E-state index contributed by atoms with van der Waals surface area (Å²) in [6, 6.07) is 11.3. The normalized spacial score (nSPS) is 10.1. The SMILES string of the molecule is CCOC(=O)c1ccc(CNc2ccc(C)cn2)cc1. The van der Waals surface area contributed by atoms with Crippen molar-refractivity contribution >= 4 is 11.8 Å². The Hall–Kier alpha value is -2.36. The largest absolute Gasteiger partial charge is 0.462 e. The number of anilines is 1. The lowest BCUT2D eigenvalue weighted by atomic mass is 10.1. The van der Waals surface area contributed by atoms with Crippen LogP contribution in [0.1, 0.15) is 28.4 Å². The molecule has 0 bridgehead atoms. The summed E-state index contributed by atoms with van der Waals surface area (Å²) in [4.78, 5) is 15.8. The highest BCUT2D eigenvalue weighted by Gasteiger charge is 2.05. The average Bonchev–Trinajstić information content (AvgIpc) is 2.47. The van der Waals surface area contributed by atoms with Crippen LogP contribution in [0.2, 0.25) is 0 Å². The van der Waals surface area contributed by atoms with Gasteiger partial charge in [0.1, 0.15) is 5.82 Å². The van der Waals surface area contributed by atoms with Gasteiger partial charge in [-0.2, -0.15) is 0 Å². The Balaban J connectivity index is 1.93. The summed E-state index contributed by atoms with van der Waals surface area (Å²) < 4.78 is 4.94. The molecule has 2 aromatic rings. The van der Waals surface area contributed by atoms with E-state index in [0.29, 0.717) is 18.7 Å². The molecule has 2 rings (SSSR count). The molecule has 0 fully saturated rings. The van der Waals surface area contributed by atoms with Crippen molar-refractivity contribution in [2.75, 3.05) is 11.9 Å². The Labute approximate surface area is 118 Å². The van der Waals surface area contributed by atoms with Crippen molar-refractivity contribution in [2.45, 2.75) is 20.4 Å². The van der Waals surface area contributed by atoms with Gasteiger partial charge in [0.25, 0.3) is 0 Å². The number of hydrogen-bond acceptors (Lipinski definition) is 4. The lowest BCUT2D eigenvalue weighted by Crippen LogP contribution is -2.05. The molecule has 0 aliphatic carbocycles. The highest BCUT2D eigenvalue weighted by Crippen LogP contribution is 2.09. The van der Waals surface area contributed by atoms with Crippen molar-refractivity contribution < 1.29 is 9.53 Å². The fourth-order valence-electron chi connectivity index (χ4n) is 1.74. The molecule has 0 saturated carbocycles. The first-order valence-corrected chi connectivity index (χ1v) is 6.61. The number of nitrogens with zero attached hydrogens (tertiary/aromatic N) is 1. The molecule has 1 aromatic carbocycles. The molecule has 0 unspecified atom stereocenters. The van der Waals surface area contributed by atoms with Crippen molar-refractivity contribution in [3.63, 3.8) is 0 Å². The van der Waals surface area contributed by atoms with Crippen LogP contribution >= 0.6 is 0 Å². The maximum atomic E-state index is 11.5. The molecule has 4 heteroatoms. The minimum absolute atomic E-state index is 0.285. The van der Waals surface area contributed by atoms with E-state index >= 15 is 0 Å². The van der Waals surface area contributed by atoms with E-state index < -0.39 is 0 Å². The molecule has 0 atom stereocenters. The Kier molecular flexibility index (Phi) is 4.71. The summed E-state index contributed by atoms with van der Waals surface area (Å²) in [5, 5.41) is 3.23. The van der Waals surface area contributed by atoms with Crippen LogP contribution in [0.3, 0.4) is 0 Å². The van der Waals surface area contributed by atoms with Crippen LogP contribution in [0.15, 0.2) is 42.6 Å². The molecule has 1 heterocycles. The molecule has 0 radical (unpaired) electrons. The van der Waals surface area contributed by atoms with Crippen LogP contribution in [0.5, 0.6) is 0 Å². The topological polar surface area (TPSA) is 51.2 Å². The van der Waals surface area contributed by atoms with E-state index in [1.54, 1.807) is 19.1 Å². The fraction of sp³-hybridized carbons (Fsp3) is 0.250. The summed E-state index contributed by atoms with van der Waals surface area (Å²) >= 11 is 0. The Bertz CT molecular complexity index is 562. The molecule has 0 aliphatic heterocycles. The standard InChI is InChI=1S/C16H18N2O2/c1-3-20-16(19)14-7-5-13(6-8-14)11-18-15-9-4-12(2)10-17-15/h4-10H,3,11H2,1-2H3,(H,17,18). The molecule has 0 aliphatic rings. The number of pyridine rings is 1. The minimum atomic E-state index is -0.285. The third-order valence-electron chi connectivity index (χ3n) is 2.85. The highest BCUT2D eigenvalue weighted by atomic mass is 16.5. The lowest BCUT2D eigenvalue weighted by molar-refractivity contribution is 0.0526. The first-order valence-electron chi connectivity index (χ1n) is 6.61. The number of aromatic nitrogens is 1. The highest BCUT2D eigenvalue weighted by molar-refractivity contribution is 5.89. The number of ether oxygens (including phenoxy) is 1. The first-order chi connectivity index (χ1) is 9.69. The van der Waals surface area contributed by atoms with Gasteiger partial charge in [0.15, 0.2) is 0 Å². The monoisotopic (exact) mass is 270 g/mol. The Morgan fingerprint density at radius 1 is 1.20 bits per heavy atom. The first kappa shape index (κ1) is 14.1. The quantitative estimate of drug-likeness (QED) is 0.848. The van der Waals surface area contributed by atoms with Crippen LogP contribution in [-0.2, 0) is 11.3 Å².